The van der Waals surface area contributed by atoms with Crippen LogP contribution in [0.1, 0.15) is 11.5 Å². The van der Waals surface area contributed by atoms with Crippen molar-refractivity contribution < 1.29 is 0 Å². The van der Waals surface area contributed by atoms with Gasteiger partial charge in [-0.25, -0.2) is 19.9 Å². The Morgan fingerprint density at radius 3 is 2.69 bits per heavy atom. The third-order valence-electron chi connectivity index (χ3n) is 1.75. The fraction of sp³-hybridized carbons (Fsp3) is 0.200. The molecule has 0 aromatic carbocycles. The highest BCUT2D eigenvalue weighted by molar-refractivity contribution is 9.10. The van der Waals surface area contributed by atoms with Gasteiger partial charge in [-0.05, 0) is 47.6 Å². The standard InChI is InChI=1S/C10H9BrN4S/c1-6-3-4-12-10(13-6)16-9-5-8(11)14-7(2)15-9/h3-5H,1-2H3. The van der Waals surface area contributed by atoms with Gasteiger partial charge in [-0.3, -0.25) is 0 Å². The minimum Gasteiger partial charge on any atom is -0.231 e. The second-order valence-corrected chi connectivity index (χ2v) is 4.96. The van der Waals surface area contributed by atoms with Crippen LogP contribution in [0.3, 0.4) is 0 Å². The van der Waals surface area contributed by atoms with Crippen LogP contribution in [0.2, 0.25) is 0 Å². The molecule has 82 valence electrons. The van der Waals surface area contributed by atoms with Crippen LogP contribution in [0, 0.1) is 13.8 Å². The van der Waals surface area contributed by atoms with Crippen LogP contribution in [0.4, 0.5) is 0 Å². The molecule has 0 saturated heterocycles. The molecule has 16 heavy (non-hydrogen) atoms. The lowest BCUT2D eigenvalue weighted by molar-refractivity contribution is 0.912. The van der Waals surface area contributed by atoms with Crippen molar-refractivity contribution in [2.75, 3.05) is 0 Å². The van der Waals surface area contributed by atoms with E-state index in [9.17, 15) is 0 Å². The summed E-state index contributed by atoms with van der Waals surface area (Å²) < 4.78 is 0.773. The third-order valence-corrected chi connectivity index (χ3v) is 2.96. The summed E-state index contributed by atoms with van der Waals surface area (Å²) in [6, 6.07) is 3.72. The van der Waals surface area contributed by atoms with Crippen molar-refractivity contribution in [2.24, 2.45) is 0 Å². The fourth-order valence-electron chi connectivity index (χ4n) is 1.13. The summed E-state index contributed by atoms with van der Waals surface area (Å²) in [4.78, 5) is 16.9. The molecule has 0 fully saturated rings. The van der Waals surface area contributed by atoms with E-state index in [-0.39, 0.29) is 0 Å². The SMILES string of the molecule is Cc1ccnc(Sc2cc(Br)nc(C)n2)n1. The lowest BCUT2D eigenvalue weighted by Gasteiger charge is -2.01. The first kappa shape index (κ1) is 11.5. The van der Waals surface area contributed by atoms with Crippen molar-refractivity contribution in [3.05, 3.63) is 34.5 Å². The average Bonchev–Trinajstić information content (AvgIpc) is 2.15. The predicted molar refractivity (Wildman–Crippen MR) is 65.4 cm³/mol. The lowest BCUT2D eigenvalue weighted by atomic mass is 10.5. The molecule has 0 radical (unpaired) electrons. The number of rotatable bonds is 2. The van der Waals surface area contributed by atoms with Gasteiger partial charge in [0, 0.05) is 18.0 Å². The summed E-state index contributed by atoms with van der Waals surface area (Å²) in [5.74, 6) is 0.726. The molecule has 0 aliphatic carbocycles. The van der Waals surface area contributed by atoms with E-state index >= 15 is 0 Å². The first-order valence-electron chi connectivity index (χ1n) is 4.62. The average molecular weight is 297 g/mol. The maximum atomic E-state index is 4.30. The first-order valence-corrected chi connectivity index (χ1v) is 6.23. The Balaban J connectivity index is 2.27. The Kier molecular flexibility index (Phi) is 3.50. The van der Waals surface area contributed by atoms with Crippen LogP contribution in [0.5, 0.6) is 0 Å². The molecule has 0 N–H and O–H groups in total. The maximum absolute atomic E-state index is 4.30. The van der Waals surface area contributed by atoms with Crippen molar-refractivity contribution in [3.63, 3.8) is 0 Å². The molecule has 0 aliphatic heterocycles. The second-order valence-electron chi connectivity index (χ2n) is 3.16. The quantitative estimate of drug-likeness (QED) is 0.630. The summed E-state index contributed by atoms with van der Waals surface area (Å²) in [7, 11) is 0. The van der Waals surface area contributed by atoms with Crippen molar-refractivity contribution in [1.82, 2.24) is 19.9 Å². The minimum absolute atomic E-state index is 0.699. The number of hydrogen-bond acceptors (Lipinski definition) is 5. The van der Waals surface area contributed by atoms with Crippen molar-refractivity contribution >= 4 is 27.7 Å². The van der Waals surface area contributed by atoms with Gasteiger partial charge in [0.15, 0.2) is 5.16 Å². The molecule has 0 aliphatic rings. The largest absolute Gasteiger partial charge is 0.231 e. The summed E-state index contributed by atoms with van der Waals surface area (Å²) in [6.07, 6.45) is 1.74. The first-order chi connectivity index (χ1) is 7.63. The molecule has 2 heterocycles. The van der Waals surface area contributed by atoms with Crippen molar-refractivity contribution in [2.45, 2.75) is 24.0 Å². The van der Waals surface area contributed by atoms with Gasteiger partial charge in [-0.1, -0.05) is 0 Å². The van der Waals surface area contributed by atoms with Gasteiger partial charge in [0.1, 0.15) is 15.5 Å². The lowest BCUT2D eigenvalue weighted by Crippen LogP contribution is -1.92. The van der Waals surface area contributed by atoms with E-state index in [0.717, 1.165) is 21.1 Å². The summed E-state index contributed by atoms with van der Waals surface area (Å²) in [5.41, 5.74) is 0.947. The molecule has 0 bridgehead atoms. The van der Waals surface area contributed by atoms with Crippen LogP contribution >= 0.6 is 27.7 Å². The van der Waals surface area contributed by atoms with Crippen LogP contribution < -0.4 is 0 Å². The Morgan fingerprint density at radius 1 is 1.19 bits per heavy atom. The third kappa shape index (κ3) is 2.99. The number of nitrogens with zero attached hydrogens (tertiary/aromatic N) is 4. The highest BCUT2D eigenvalue weighted by atomic mass is 79.9. The summed E-state index contributed by atoms with van der Waals surface area (Å²) in [6.45, 7) is 3.79. The van der Waals surface area contributed by atoms with Crippen LogP contribution in [0.15, 0.2) is 33.1 Å². The van der Waals surface area contributed by atoms with E-state index < -0.39 is 0 Å². The molecule has 0 atom stereocenters. The maximum Gasteiger partial charge on any atom is 0.194 e. The predicted octanol–water partition coefficient (Wildman–Crippen LogP) is 2.80. The zero-order valence-electron chi connectivity index (χ0n) is 8.81. The molecular formula is C10H9BrN4S. The van der Waals surface area contributed by atoms with Crippen molar-refractivity contribution in [1.29, 1.82) is 0 Å². The zero-order chi connectivity index (χ0) is 11.5. The van der Waals surface area contributed by atoms with Crippen LogP contribution in [0.25, 0.3) is 0 Å². The second kappa shape index (κ2) is 4.88. The molecule has 2 aromatic heterocycles. The van der Waals surface area contributed by atoms with E-state index in [2.05, 4.69) is 35.9 Å². The van der Waals surface area contributed by atoms with Gasteiger partial charge >= 0.3 is 0 Å². The molecule has 6 heteroatoms. The van der Waals surface area contributed by atoms with E-state index in [1.165, 1.54) is 11.8 Å². The van der Waals surface area contributed by atoms with E-state index in [1.807, 2.05) is 26.0 Å². The molecule has 0 saturated carbocycles. The minimum atomic E-state index is 0.699. The Morgan fingerprint density at radius 2 is 2.00 bits per heavy atom. The topological polar surface area (TPSA) is 51.6 Å². The molecule has 4 nitrogen and oxygen atoms in total. The number of halogens is 1. The molecule has 0 unspecified atom stereocenters. The highest BCUT2D eigenvalue weighted by Crippen LogP contribution is 2.24. The highest BCUT2D eigenvalue weighted by Gasteiger charge is 2.04. The summed E-state index contributed by atoms with van der Waals surface area (Å²) >= 11 is 4.76. The van der Waals surface area contributed by atoms with Gasteiger partial charge in [-0.2, -0.15) is 0 Å². The van der Waals surface area contributed by atoms with Gasteiger partial charge in [-0.15, -0.1) is 0 Å². The Labute approximate surface area is 106 Å². The summed E-state index contributed by atoms with van der Waals surface area (Å²) in [5, 5.41) is 1.54. The van der Waals surface area contributed by atoms with Gasteiger partial charge < -0.3 is 0 Å². The molecule has 2 rings (SSSR count). The molecule has 0 spiro atoms. The van der Waals surface area contributed by atoms with Crippen LogP contribution in [-0.4, -0.2) is 19.9 Å². The van der Waals surface area contributed by atoms with E-state index in [1.54, 1.807) is 6.20 Å². The Bertz CT molecular complexity index is 498. The molecule has 2 aromatic rings. The normalized spacial score (nSPS) is 10.4. The van der Waals surface area contributed by atoms with Gasteiger partial charge in [0.25, 0.3) is 0 Å². The van der Waals surface area contributed by atoms with E-state index in [0.29, 0.717) is 5.16 Å². The fourth-order valence-corrected chi connectivity index (χ4v) is 2.59. The van der Waals surface area contributed by atoms with Gasteiger partial charge in [0.2, 0.25) is 0 Å². The van der Waals surface area contributed by atoms with Gasteiger partial charge in [0.05, 0.1) is 0 Å². The van der Waals surface area contributed by atoms with Crippen molar-refractivity contribution in [3.8, 4) is 0 Å². The monoisotopic (exact) mass is 296 g/mol. The molecule has 0 amide bonds. The smallest absolute Gasteiger partial charge is 0.194 e. The zero-order valence-corrected chi connectivity index (χ0v) is 11.2. The van der Waals surface area contributed by atoms with E-state index in [4.69, 9.17) is 0 Å². The number of aryl methyl sites for hydroxylation is 2. The number of hydrogen-bond donors (Lipinski definition) is 0. The van der Waals surface area contributed by atoms with Crippen LogP contribution in [-0.2, 0) is 0 Å². The Hall–Kier alpha value is -1.01. The molecular weight excluding hydrogens is 288 g/mol. The number of aromatic nitrogens is 4.